The van der Waals surface area contributed by atoms with Crippen LogP contribution in [0.4, 0.5) is 17.1 Å². The first-order valence-electron chi connectivity index (χ1n) is 7.56. The molecule has 0 saturated heterocycles. The molecule has 6 nitrogen and oxygen atoms in total. The van der Waals surface area contributed by atoms with Crippen LogP contribution in [0.25, 0.3) is 0 Å². The summed E-state index contributed by atoms with van der Waals surface area (Å²) >= 11 is 5.76. The number of nitro benzene ring substituents is 1. The van der Waals surface area contributed by atoms with Gasteiger partial charge in [-0.1, -0.05) is 11.6 Å². The van der Waals surface area contributed by atoms with E-state index < -0.39 is 10.8 Å². The number of halogens is 1. The minimum atomic E-state index is -0.621. The van der Waals surface area contributed by atoms with Gasteiger partial charge in [0.25, 0.3) is 11.6 Å². The van der Waals surface area contributed by atoms with Crippen molar-refractivity contribution in [2.45, 2.75) is 13.8 Å². The van der Waals surface area contributed by atoms with Crippen LogP contribution in [0.3, 0.4) is 0 Å². The third kappa shape index (κ3) is 4.02. The molecule has 0 aliphatic heterocycles. The van der Waals surface area contributed by atoms with Crippen LogP contribution >= 0.6 is 11.6 Å². The summed E-state index contributed by atoms with van der Waals surface area (Å²) in [6.07, 6.45) is 0. The van der Waals surface area contributed by atoms with Crippen LogP contribution in [0.15, 0.2) is 42.5 Å². The number of benzene rings is 2. The zero-order valence-corrected chi connectivity index (χ0v) is 14.2. The highest BCUT2D eigenvalue weighted by Gasteiger charge is 2.20. The van der Waals surface area contributed by atoms with Gasteiger partial charge in [0, 0.05) is 35.6 Å². The summed E-state index contributed by atoms with van der Waals surface area (Å²) in [4.78, 5) is 24.9. The van der Waals surface area contributed by atoms with Gasteiger partial charge in [0.1, 0.15) is 5.56 Å². The van der Waals surface area contributed by atoms with E-state index in [0.29, 0.717) is 5.69 Å². The van der Waals surface area contributed by atoms with E-state index in [1.165, 1.54) is 18.2 Å². The molecule has 2 aromatic carbocycles. The monoisotopic (exact) mass is 347 g/mol. The van der Waals surface area contributed by atoms with Crippen molar-refractivity contribution in [3.05, 3.63) is 63.2 Å². The Morgan fingerprint density at radius 2 is 1.79 bits per heavy atom. The van der Waals surface area contributed by atoms with Crippen molar-refractivity contribution in [2.75, 3.05) is 23.3 Å². The van der Waals surface area contributed by atoms with Gasteiger partial charge in [-0.05, 0) is 50.2 Å². The number of anilines is 2. The van der Waals surface area contributed by atoms with Crippen molar-refractivity contribution >= 4 is 34.6 Å². The smallest absolute Gasteiger partial charge is 0.283 e. The summed E-state index contributed by atoms with van der Waals surface area (Å²) < 4.78 is 0. The lowest BCUT2D eigenvalue weighted by Crippen LogP contribution is -2.21. The van der Waals surface area contributed by atoms with Crippen LogP contribution < -0.4 is 10.2 Å². The SMILES string of the molecule is CCN(CC)c1ccc(NC(=O)c2ccc(Cl)cc2[N+](=O)[O-])cc1. The van der Waals surface area contributed by atoms with Crippen LogP contribution in [-0.4, -0.2) is 23.9 Å². The van der Waals surface area contributed by atoms with Crippen LogP contribution in [0.2, 0.25) is 5.02 Å². The first-order chi connectivity index (χ1) is 11.5. The van der Waals surface area contributed by atoms with E-state index in [4.69, 9.17) is 11.6 Å². The molecule has 0 bridgehead atoms. The Morgan fingerprint density at radius 1 is 1.17 bits per heavy atom. The van der Waals surface area contributed by atoms with E-state index in [1.54, 1.807) is 12.1 Å². The van der Waals surface area contributed by atoms with Crippen molar-refractivity contribution in [3.8, 4) is 0 Å². The topological polar surface area (TPSA) is 75.5 Å². The molecule has 7 heteroatoms. The first-order valence-corrected chi connectivity index (χ1v) is 7.94. The third-order valence-corrected chi connectivity index (χ3v) is 3.89. The number of rotatable bonds is 6. The Balaban J connectivity index is 2.20. The molecule has 1 amide bonds. The van der Waals surface area contributed by atoms with Gasteiger partial charge in [-0.15, -0.1) is 0 Å². The van der Waals surface area contributed by atoms with E-state index in [2.05, 4.69) is 24.1 Å². The van der Waals surface area contributed by atoms with Crippen LogP contribution in [-0.2, 0) is 0 Å². The number of nitrogens with one attached hydrogen (secondary N) is 1. The summed E-state index contributed by atoms with van der Waals surface area (Å²) in [5.41, 5.74) is 1.27. The maximum absolute atomic E-state index is 12.3. The average molecular weight is 348 g/mol. The van der Waals surface area contributed by atoms with Crippen molar-refractivity contribution in [3.63, 3.8) is 0 Å². The molecule has 0 heterocycles. The van der Waals surface area contributed by atoms with Crippen molar-refractivity contribution in [1.29, 1.82) is 0 Å². The van der Waals surface area contributed by atoms with Crippen LogP contribution in [0.5, 0.6) is 0 Å². The molecular weight excluding hydrogens is 330 g/mol. The molecule has 0 unspecified atom stereocenters. The third-order valence-electron chi connectivity index (χ3n) is 3.65. The molecule has 1 N–H and O–H groups in total. The van der Waals surface area contributed by atoms with Gasteiger partial charge in [-0.3, -0.25) is 14.9 Å². The largest absolute Gasteiger partial charge is 0.372 e. The number of hydrogen-bond donors (Lipinski definition) is 1. The van der Waals surface area contributed by atoms with Gasteiger partial charge in [0.15, 0.2) is 0 Å². The van der Waals surface area contributed by atoms with E-state index in [9.17, 15) is 14.9 Å². The molecular formula is C17H18ClN3O3. The Labute approximate surface area is 145 Å². The summed E-state index contributed by atoms with van der Waals surface area (Å²) in [5.74, 6) is -0.547. The highest BCUT2D eigenvalue weighted by molar-refractivity contribution is 6.31. The number of carbonyl (C=O) groups excluding carboxylic acids is 1. The highest BCUT2D eigenvalue weighted by atomic mass is 35.5. The molecule has 0 atom stereocenters. The van der Waals surface area contributed by atoms with Crippen molar-refractivity contribution in [2.24, 2.45) is 0 Å². The number of amides is 1. The fraction of sp³-hybridized carbons (Fsp3) is 0.235. The molecule has 2 aromatic rings. The maximum atomic E-state index is 12.3. The van der Waals surface area contributed by atoms with E-state index in [0.717, 1.165) is 18.8 Å². The Bertz CT molecular complexity index is 743. The predicted octanol–water partition coefficient (Wildman–Crippen LogP) is 4.35. The number of carbonyl (C=O) groups is 1. The van der Waals surface area contributed by atoms with Crippen molar-refractivity contribution < 1.29 is 9.72 Å². The summed E-state index contributed by atoms with van der Waals surface area (Å²) in [6.45, 7) is 5.91. The zero-order valence-electron chi connectivity index (χ0n) is 13.5. The fourth-order valence-electron chi connectivity index (χ4n) is 2.39. The van der Waals surface area contributed by atoms with Crippen molar-refractivity contribution in [1.82, 2.24) is 0 Å². The van der Waals surface area contributed by atoms with Gasteiger partial charge >= 0.3 is 0 Å². The van der Waals surface area contributed by atoms with Gasteiger partial charge in [0.05, 0.1) is 4.92 Å². The molecule has 0 fully saturated rings. The molecule has 24 heavy (non-hydrogen) atoms. The summed E-state index contributed by atoms with van der Waals surface area (Å²) in [5, 5.41) is 14.0. The number of nitro groups is 1. The van der Waals surface area contributed by atoms with E-state index in [1.807, 2.05) is 12.1 Å². The quantitative estimate of drug-likeness (QED) is 0.622. The maximum Gasteiger partial charge on any atom is 0.283 e. The molecule has 126 valence electrons. The second-order valence-electron chi connectivity index (χ2n) is 5.09. The van der Waals surface area contributed by atoms with Gasteiger partial charge in [0.2, 0.25) is 0 Å². The molecule has 0 aliphatic carbocycles. The minimum absolute atomic E-state index is 0.0304. The summed E-state index contributed by atoms with van der Waals surface area (Å²) in [6, 6.07) is 11.3. The lowest BCUT2D eigenvalue weighted by molar-refractivity contribution is -0.385. The van der Waals surface area contributed by atoms with E-state index >= 15 is 0 Å². The van der Waals surface area contributed by atoms with Crippen LogP contribution in [0.1, 0.15) is 24.2 Å². The Hall–Kier alpha value is -2.60. The second-order valence-corrected chi connectivity index (χ2v) is 5.53. The van der Waals surface area contributed by atoms with Gasteiger partial charge < -0.3 is 10.2 Å². The van der Waals surface area contributed by atoms with E-state index in [-0.39, 0.29) is 16.3 Å². The summed E-state index contributed by atoms with van der Waals surface area (Å²) in [7, 11) is 0. The van der Waals surface area contributed by atoms with Gasteiger partial charge in [-0.2, -0.15) is 0 Å². The Morgan fingerprint density at radius 3 is 2.33 bits per heavy atom. The molecule has 0 spiro atoms. The molecule has 0 aromatic heterocycles. The van der Waals surface area contributed by atoms with Crippen LogP contribution in [0, 0.1) is 10.1 Å². The standard InChI is InChI=1S/C17H18ClN3O3/c1-3-20(4-2)14-8-6-13(7-9-14)19-17(22)15-10-5-12(18)11-16(15)21(23)24/h5-11H,3-4H2,1-2H3,(H,19,22). The predicted molar refractivity (Wildman–Crippen MR) is 96.1 cm³/mol. The van der Waals surface area contributed by atoms with Gasteiger partial charge in [-0.25, -0.2) is 0 Å². The first kappa shape index (κ1) is 17.7. The average Bonchev–Trinajstić information content (AvgIpc) is 2.57. The molecule has 0 aliphatic rings. The molecule has 2 rings (SSSR count). The Kier molecular flexibility index (Phi) is 5.76. The number of hydrogen-bond acceptors (Lipinski definition) is 4. The normalized spacial score (nSPS) is 10.3. The lowest BCUT2D eigenvalue weighted by Gasteiger charge is -2.21. The lowest BCUT2D eigenvalue weighted by atomic mass is 10.1. The molecule has 0 radical (unpaired) electrons. The second kappa shape index (κ2) is 7.79. The number of nitrogens with zero attached hydrogens (tertiary/aromatic N) is 2. The fourth-order valence-corrected chi connectivity index (χ4v) is 2.56. The molecule has 0 saturated carbocycles. The minimum Gasteiger partial charge on any atom is -0.372 e. The highest BCUT2D eigenvalue weighted by Crippen LogP contribution is 2.25. The zero-order chi connectivity index (χ0) is 17.7.